The highest BCUT2D eigenvalue weighted by Crippen LogP contribution is 2.25. The fraction of sp³-hybridized carbons (Fsp3) is 0.143. The van der Waals surface area contributed by atoms with Gasteiger partial charge < -0.3 is 5.73 Å². The Morgan fingerprint density at radius 3 is 2.44 bits per heavy atom. The molecule has 0 heterocycles. The number of halogens is 3. The molecule has 0 aliphatic heterocycles. The zero-order chi connectivity index (χ0) is 13.3. The van der Waals surface area contributed by atoms with Crippen molar-refractivity contribution in [3.05, 3.63) is 63.1 Å². The van der Waals surface area contributed by atoms with Crippen molar-refractivity contribution < 1.29 is 8.78 Å². The summed E-state index contributed by atoms with van der Waals surface area (Å²) in [7, 11) is 0. The summed E-state index contributed by atoms with van der Waals surface area (Å²) in [5.74, 6) is -0.684. The number of hydrogen-bond donors (Lipinski definition) is 1. The molecule has 2 aromatic carbocycles. The van der Waals surface area contributed by atoms with Gasteiger partial charge >= 0.3 is 0 Å². The van der Waals surface area contributed by atoms with Crippen LogP contribution in [0, 0.1) is 18.6 Å². The van der Waals surface area contributed by atoms with Crippen molar-refractivity contribution in [2.24, 2.45) is 0 Å². The average molecular weight is 312 g/mol. The van der Waals surface area contributed by atoms with E-state index in [4.69, 9.17) is 5.73 Å². The van der Waals surface area contributed by atoms with Crippen LogP contribution in [-0.4, -0.2) is 0 Å². The lowest BCUT2D eigenvalue weighted by atomic mass is 9.99. The number of rotatable bonds is 2. The summed E-state index contributed by atoms with van der Waals surface area (Å²) >= 11 is 3.36. The average Bonchev–Trinajstić information content (AvgIpc) is 2.30. The van der Waals surface area contributed by atoms with Gasteiger partial charge in [-0.3, -0.25) is 0 Å². The largest absolute Gasteiger partial charge is 0.398 e. The van der Waals surface area contributed by atoms with E-state index in [9.17, 15) is 8.78 Å². The van der Waals surface area contributed by atoms with E-state index in [2.05, 4.69) is 15.9 Å². The zero-order valence-electron chi connectivity index (χ0n) is 9.81. The van der Waals surface area contributed by atoms with Gasteiger partial charge in [0.1, 0.15) is 11.6 Å². The molecule has 0 amide bonds. The predicted octanol–water partition coefficient (Wildman–Crippen LogP) is 4.21. The molecule has 94 valence electrons. The van der Waals surface area contributed by atoms with Gasteiger partial charge in [0.25, 0.3) is 0 Å². The summed E-state index contributed by atoms with van der Waals surface area (Å²) in [6.45, 7) is 1.83. The molecule has 0 aliphatic rings. The highest BCUT2D eigenvalue weighted by atomic mass is 79.9. The van der Waals surface area contributed by atoms with Crippen molar-refractivity contribution >= 4 is 21.6 Å². The number of hydrogen-bond acceptors (Lipinski definition) is 1. The molecular weight excluding hydrogens is 300 g/mol. The van der Waals surface area contributed by atoms with Gasteiger partial charge in [0.05, 0.1) is 0 Å². The summed E-state index contributed by atoms with van der Waals surface area (Å²) in [5.41, 5.74) is 8.49. The van der Waals surface area contributed by atoms with Crippen LogP contribution in [-0.2, 0) is 6.42 Å². The molecular formula is C14H12BrF2N. The molecule has 18 heavy (non-hydrogen) atoms. The molecule has 0 spiro atoms. The Balaban J connectivity index is 2.43. The first kappa shape index (κ1) is 13.0. The third kappa shape index (κ3) is 2.70. The lowest BCUT2D eigenvalue weighted by Crippen LogP contribution is -1.99. The zero-order valence-corrected chi connectivity index (χ0v) is 11.4. The van der Waals surface area contributed by atoms with Crippen molar-refractivity contribution in [1.82, 2.24) is 0 Å². The molecule has 0 unspecified atom stereocenters. The number of benzene rings is 2. The Kier molecular flexibility index (Phi) is 3.66. The van der Waals surface area contributed by atoms with Crippen LogP contribution in [0.15, 0.2) is 34.8 Å². The molecule has 0 fully saturated rings. The van der Waals surface area contributed by atoms with Gasteiger partial charge in [-0.05, 0) is 60.4 Å². The van der Waals surface area contributed by atoms with Gasteiger partial charge in [-0.25, -0.2) is 8.78 Å². The molecule has 0 saturated carbocycles. The van der Waals surface area contributed by atoms with Gasteiger partial charge in [-0.1, -0.05) is 15.9 Å². The standard InChI is InChI=1S/C14H12BrF2N/c1-8-9(5-12(17)7-14(8)18)4-10-6-11(16)2-3-13(10)15/h2-3,5-7H,4,18H2,1H3. The van der Waals surface area contributed by atoms with Crippen LogP contribution < -0.4 is 5.73 Å². The molecule has 0 saturated heterocycles. The number of anilines is 1. The highest BCUT2D eigenvalue weighted by molar-refractivity contribution is 9.10. The molecule has 1 nitrogen and oxygen atoms in total. The highest BCUT2D eigenvalue weighted by Gasteiger charge is 2.09. The normalized spacial score (nSPS) is 10.7. The molecule has 0 aliphatic carbocycles. The summed E-state index contributed by atoms with van der Waals surface area (Å²) < 4.78 is 27.3. The van der Waals surface area contributed by atoms with Crippen molar-refractivity contribution in [1.29, 1.82) is 0 Å². The number of nitrogen functional groups attached to an aromatic ring is 1. The number of nitrogens with two attached hydrogens (primary N) is 1. The molecule has 2 aromatic rings. The maximum Gasteiger partial charge on any atom is 0.125 e. The van der Waals surface area contributed by atoms with Gasteiger partial charge in [0, 0.05) is 10.2 Å². The Hall–Kier alpha value is -1.42. The summed E-state index contributed by atoms with van der Waals surface area (Å²) in [5, 5.41) is 0. The first-order valence-electron chi connectivity index (χ1n) is 5.46. The minimum Gasteiger partial charge on any atom is -0.398 e. The first-order valence-corrected chi connectivity index (χ1v) is 6.25. The van der Waals surface area contributed by atoms with E-state index in [-0.39, 0.29) is 11.6 Å². The SMILES string of the molecule is Cc1c(N)cc(F)cc1Cc1cc(F)ccc1Br. The predicted molar refractivity (Wildman–Crippen MR) is 72.5 cm³/mol. The Labute approximate surface area is 113 Å². The Morgan fingerprint density at radius 1 is 1.06 bits per heavy atom. The second-order valence-corrected chi connectivity index (χ2v) is 5.05. The molecule has 0 radical (unpaired) electrons. The van der Waals surface area contributed by atoms with Crippen molar-refractivity contribution in [2.45, 2.75) is 13.3 Å². The van der Waals surface area contributed by atoms with Crippen LogP contribution in [0.4, 0.5) is 14.5 Å². The molecule has 0 bridgehead atoms. The van der Waals surface area contributed by atoms with Gasteiger partial charge in [0.15, 0.2) is 0 Å². The summed E-state index contributed by atoms with van der Waals surface area (Å²) in [6, 6.07) is 7.18. The van der Waals surface area contributed by atoms with E-state index in [0.717, 1.165) is 21.2 Å². The van der Waals surface area contributed by atoms with Crippen LogP contribution in [0.25, 0.3) is 0 Å². The quantitative estimate of drug-likeness (QED) is 0.826. The van der Waals surface area contributed by atoms with E-state index < -0.39 is 0 Å². The van der Waals surface area contributed by atoms with Crippen LogP contribution in [0.1, 0.15) is 16.7 Å². The molecule has 0 aromatic heterocycles. The maximum absolute atomic E-state index is 13.3. The van der Waals surface area contributed by atoms with Crippen LogP contribution in [0.5, 0.6) is 0 Å². The van der Waals surface area contributed by atoms with Gasteiger partial charge in [-0.2, -0.15) is 0 Å². The minimum absolute atomic E-state index is 0.310. The molecule has 0 atom stereocenters. The third-order valence-electron chi connectivity index (χ3n) is 2.91. The monoisotopic (exact) mass is 311 g/mol. The molecule has 4 heteroatoms. The fourth-order valence-corrected chi connectivity index (χ4v) is 2.21. The first-order chi connectivity index (χ1) is 8.47. The maximum atomic E-state index is 13.3. The lowest BCUT2D eigenvalue weighted by molar-refractivity contribution is 0.624. The smallest absolute Gasteiger partial charge is 0.125 e. The third-order valence-corrected chi connectivity index (χ3v) is 3.68. The van der Waals surface area contributed by atoms with Crippen LogP contribution in [0.3, 0.4) is 0 Å². The van der Waals surface area contributed by atoms with Crippen LogP contribution in [0.2, 0.25) is 0 Å². The van der Waals surface area contributed by atoms with Crippen molar-refractivity contribution in [2.75, 3.05) is 5.73 Å². The van der Waals surface area contributed by atoms with E-state index in [0.29, 0.717) is 12.1 Å². The fourth-order valence-electron chi connectivity index (χ4n) is 1.83. The minimum atomic E-state index is -0.374. The lowest BCUT2D eigenvalue weighted by Gasteiger charge is -2.10. The molecule has 2 rings (SSSR count). The summed E-state index contributed by atoms with van der Waals surface area (Å²) in [6.07, 6.45) is 0.437. The van der Waals surface area contributed by atoms with Crippen molar-refractivity contribution in [3.63, 3.8) is 0 Å². The van der Waals surface area contributed by atoms with E-state index in [1.165, 1.54) is 24.3 Å². The summed E-state index contributed by atoms with van der Waals surface area (Å²) in [4.78, 5) is 0. The topological polar surface area (TPSA) is 26.0 Å². The van der Waals surface area contributed by atoms with E-state index in [1.54, 1.807) is 6.07 Å². The van der Waals surface area contributed by atoms with E-state index >= 15 is 0 Å². The molecule has 2 N–H and O–H groups in total. The Bertz CT molecular complexity index is 597. The van der Waals surface area contributed by atoms with Gasteiger partial charge in [-0.15, -0.1) is 0 Å². The second kappa shape index (κ2) is 5.06. The Morgan fingerprint density at radius 2 is 1.72 bits per heavy atom. The van der Waals surface area contributed by atoms with Gasteiger partial charge in [0.2, 0.25) is 0 Å². The van der Waals surface area contributed by atoms with E-state index in [1.807, 2.05) is 6.92 Å². The van der Waals surface area contributed by atoms with Crippen molar-refractivity contribution in [3.8, 4) is 0 Å². The second-order valence-electron chi connectivity index (χ2n) is 4.19. The van der Waals surface area contributed by atoms with Crippen LogP contribution >= 0.6 is 15.9 Å².